The van der Waals surface area contributed by atoms with Gasteiger partial charge in [0.2, 0.25) is 5.91 Å². The second-order valence-electron chi connectivity index (χ2n) is 7.99. The number of ether oxygens (including phenoxy) is 3. The Morgan fingerprint density at radius 1 is 0.892 bits per heavy atom. The van der Waals surface area contributed by atoms with Gasteiger partial charge < -0.3 is 19.5 Å². The zero-order chi connectivity index (χ0) is 27.4. The quantitative estimate of drug-likeness (QED) is 0.410. The molecule has 0 aliphatic carbocycles. The number of hydrogen-bond donors (Lipinski definition) is 1. The Hall–Kier alpha value is -3.93. The van der Waals surface area contributed by atoms with Crippen molar-refractivity contribution in [2.45, 2.75) is 25.1 Å². The van der Waals surface area contributed by atoms with Gasteiger partial charge in [0.05, 0.1) is 24.8 Å². The number of halogens is 3. The van der Waals surface area contributed by atoms with E-state index < -0.39 is 34.6 Å². The van der Waals surface area contributed by atoms with Crippen LogP contribution in [0.1, 0.15) is 11.1 Å². The van der Waals surface area contributed by atoms with Gasteiger partial charge in [-0.05, 0) is 73.5 Å². The van der Waals surface area contributed by atoms with Crippen molar-refractivity contribution >= 4 is 27.3 Å². The number of carbonyl (C=O) groups excluding carboxylic acids is 1. The van der Waals surface area contributed by atoms with E-state index in [1.807, 2.05) is 6.07 Å². The molecule has 0 bridgehead atoms. The molecule has 1 N–H and O–H groups in total. The summed E-state index contributed by atoms with van der Waals surface area (Å²) in [6.07, 6.45) is -4.85. The van der Waals surface area contributed by atoms with Crippen LogP contribution in [0.4, 0.5) is 24.5 Å². The second kappa shape index (κ2) is 11.0. The molecule has 198 valence electrons. The molecule has 3 rings (SSSR count). The highest BCUT2D eigenvalue weighted by Crippen LogP contribution is 2.33. The maximum Gasteiger partial charge on any atom is 0.573 e. The molecule has 0 radical (unpaired) electrons. The molecule has 1 amide bonds. The number of benzene rings is 3. The van der Waals surface area contributed by atoms with Crippen LogP contribution >= 0.6 is 0 Å². The van der Waals surface area contributed by atoms with E-state index in [4.69, 9.17) is 9.47 Å². The van der Waals surface area contributed by atoms with E-state index >= 15 is 0 Å². The van der Waals surface area contributed by atoms with Gasteiger partial charge >= 0.3 is 6.36 Å². The molecule has 0 unspecified atom stereocenters. The summed E-state index contributed by atoms with van der Waals surface area (Å²) < 4.78 is 79.8. The molecular formula is C25H25F3N2O6S. The zero-order valence-corrected chi connectivity index (χ0v) is 21.2. The van der Waals surface area contributed by atoms with Gasteiger partial charge in [0, 0.05) is 11.8 Å². The minimum atomic E-state index is -4.85. The lowest BCUT2D eigenvalue weighted by atomic mass is 10.1. The van der Waals surface area contributed by atoms with Crippen LogP contribution in [0.2, 0.25) is 0 Å². The van der Waals surface area contributed by atoms with Gasteiger partial charge in [-0.3, -0.25) is 9.10 Å². The van der Waals surface area contributed by atoms with Gasteiger partial charge in [-0.1, -0.05) is 6.07 Å². The number of aryl methyl sites for hydroxylation is 2. The lowest BCUT2D eigenvalue weighted by Crippen LogP contribution is -2.38. The molecule has 3 aromatic carbocycles. The third-order valence-corrected chi connectivity index (χ3v) is 6.87. The van der Waals surface area contributed by atoms with E-state index in [2.05, 4.69) is 10.1 Å². The summed E-state index contributed by atoms with van der Waals surface area (Å²) in [7, 11) is -1.48. The molecule has 12 heteroatoms. The molecule has 0 saturated heterocycles. The van der Waals surface area contributed by atoms with Crippen LogP contribution in [0.15, 0.2) is 65.6 Å². The average Bonchev–Trinajstić information content (AvgIpc) is 2.81. The monoisotopic (exact) mass is 538 g/mol. The number of carbonyl (C=O) groups is 1. The van der Waals surface area contributed by atoms with Gasteiger partial charge in [0.15, 0.2) is 11.5 Å². The Bertz CT molecular complexity index is 1360. The summed E-state index contributed by atoms with van der Waals surface area (Å²) in [5.41, 5.74) is 1.98. The number of sulfonamides is 1. The van der Waals surface area contributed by atoms with Crippen molar-refractivity contribution in [2.24, 2.45) is 0 Å². The van der Waals surface area contributed by atoms with Crippen molar-refractivity contribution in [2.75, 3.05) is 30.4 Å². The summed E-state index contributed by atoms with van der Waals surface area (Å²) >= 11 is 0. The minimum absolute atomic E-state index is 0.134. The Balaban J connectivity index is 1.94. The van der Waals surface area contributed by atoms with Crippen LogP contribution in [0.3, 0.4) is 0 Å². The van der Waals surface area contributed by atoms with E-state index in [0.717, 1.165) is 27.6 Å². The number of nitrogens with one attached hydrogen (secondary N) is 1. The Morgan fingerprint density at radius 3 is 2.03 bits per heavy atom. The fourth-order valence-corrected chi connectivity index (χ4v) is 5.01. The molecule has 0 aliphatic heterocycles. The van der Waals surface area contributed by atoms with E-state index in [-0.39, 0.29) is 22.0 Å². The Kier molecular flexibility index (Phi) is 8.22. The fourth-order valence-electron chi connectivity index (χ4n) is 3.58. The number of nitrogens with zero attached hydrogens (tertiary/aromatic N) is 1. The van der Waals surface area contributed by atoms with Crippen LogP contribution in [0, 0.1) is 13.8 Å². The van der Waals surface area contributed by atoms with Gasteiger partial charge in [-0.25, -0.2) is 8.42 Å². The first-order chi connectivity index (χ1) is 17.3. The highest BCUT2D eigenvalue weighted by molar-refractivity contribution is 7.92. The van der Waals surface area contributed by atoms with Crippen LogP contribution in [-0.4, -0.2) is 41.5 Å². The molecule has 3 aromatic rings. The molecule has 0 aliphatic rings. The highest BCUT2D eigenvalue weighted by Gasteiger charge is 2.31. The molecule has 0 saturated carbocycles. The maximum absolute atomic E-state index is 13.7. The summed E-state index contributed by atoms with van der Waals surface area (Å²) in [4.78, 5) is 12.8. The molecule has 0 spiro atoms. The first-order valence-electron chi connectivity index (χ1n) is 10.8. The van der Waals surface area contributed by atoms with Crippen LogP contribution in [-0.2, 0) is 14.8 Å². The number of hydrogen-bond acceptors (Lipinski definition) is 6. The second-order valence-corrected chi connectivity index (χ2v) is 9.86. The number of rotatable bonds is 9. The summed E-state index contributed by atoms with van der Waals surface area (Å²) in [5.74, 6) is -0.657. The molecular weight excluding hydrogens is 513 g/mol. The Labute approximate surface area is 212 Å². The predicted octanol–water partition coefficient (Wildman–Crippen LogP) is 5.05. The number of alkyl halides is 3. The van der Waals surface area contributed by atoms with E-state index in [1.54, 1.807) is 26.0 Å². The largest absolute Gasteiger partial charge is 0.573 e. The predicted molar refractivity (Wildman–Crippen MR) is 132 cm³/mol. The fraction of sp³-hybridized carbons (Fsp3) is 0.240. The normalized spacial score (nSPS) is 11.5. The lowest BCUT2D eigenvalue weighted by molar-refractivity contribution is -0.274. The van der Waals surface area contributed by atoms with Crippen LogP contribution < -0.4 is 23.8 Å². The third kappa shape index (κ3) is 7.06. The first kappa shape index (κ1) is 27.7. The third-order valence-electron chi connectivity index (χ3n) is 5.10. The molecule has 0 aromatic heterocycles. The summed E-state index contributed by atoms with van der Waals surface area (Å²) in [5, 5.41) is 2.50. The SMILES string of the molecule is COc1ccc(S(=O)(=O)N(CC(=O)Nc2ccc(OC(F)(F)F)cc2)c2cc(C)cc(C)c2)cc1OC. The molecule has 37 heavy (non-hydrogen) atoms. The van der Waals surface area contributed by atoms with E-state index in [0.29, 0.717) is 5.75 Å². The topological polar surface area (TPSA) is 94.2 Å². The maximum atomic E-state index is 13.7. The van der Waals surface area contributed by atoms with Gasteiger partial charge in [-0.15, -0.1) is 13.2 Å². The highest BCUT2D eigenvalue weighted by atomic mass is 32.2. The lowest BCUT2D eigenvalue weighted by Gasteiger charge is -2.25. The summed E-state index contributed by atoms with van der Waals surface area (Å²) in [6.45, 7) is 2.98. The van der Waals surface area contributed by atoms with Gasteiger partial charge in [0.1, 0.15) is 12.3 Å². The average molecular weight is 539 g/mol. The van der Waals surface area contributed by atoms with Crippen molar-refractivity contribution < 1.29 is 40.6 Å². The molecule has 8 nitrogen and oxygen atoms in total. The molecule has 0 fully saturated rings. The van der Waals surface area contributed by atoms with Gasteiger partial charge in [0.25, 0.3) is 10.0 Å². The minimum Gasteiger partial charge on any atom is -0.493 e. The van der Waals surface area contributed by atoms with Crippen LogP contribution in [0.5, 0.6) is 17.2 Å². The van der Waals surface area contributed by atoms with Crippen molar-refractivity contribution in [1.82, 2.24) is 0 Å². The zero-order valence-electron chi connectivity index (χ0n) is 20.4. The van der Waals surface area contributed by atoms with Crippen molar-refractivity contribution in [3.8, 4) is 17.2 Å². The van der Waals surface area contributed by atoms with Gasteiger partial charge in [-0.2, -0.15) is 0 Å². The Morgan fingerprint density at radius 2 is 1.49 bits per heavy atom. The van der Waals surface area contributed by atoms with Crippen molar-refractivity contribution in [3.05, 3.63) is 71.8 Å². The first-order valence-corrected chi connectivity index (χ1v) is 12.2. The van der Waals surface area contributed by atoms with E-state index in [9.17, 15) is 26.4 Å². The number of anilines is 2. The van der Waals surface area contributed by atoms with Crippen LogP contribution in [0.25, 0.3) is 0 Å². The standard InChI is InChI=1S/C25H25F3N2O6S/c1-16-11-17(2)13-19(12-16)30(37(32,33)21-9-10-22(34-3)23(14-21)35-4)15-24(31)29-18-5-7-20(8-6-18)36-25(26,27)28/h5-14H,15H2,1-4H3,(H,29,31). The number of amides is 1. The van der Waals surface area contributed by atoms with E-state index in [1.165, 1.54) is 44.6 Å². The summed E-state index contributed by atoms with van der Waals surface area (Å²) in [6, 6.07) is 13.7. The number of methoxy groups -OCH3 is 2. The molecule has 0 atom stereocenters. The van der Waals surface area contributed by atoms with Crippen molar-refractivity contribution in [1.29, 1.82) is 0 Å². The molecule has 0 heterocycles. The smallest absolute Gasteiger partial charge is 0.493 e. The van der Waals surface area contributed by atoms with Crippen molar-refractivity contribution in [3.63, 3.8) is 0 Å².